The van der Waals surface area contributed by atoms with Crippen molar-refractivity contribution in [1.29, 1.82) is 0 Å². The monoisotopic (exact) mass is 241 g/mol. The van der Waals surface area contributed by atoms with Crippen LogP contribution >= 0.6 is 0 Å². The van der Waals surface area contributed by atoms with E-state index in [0.29, 0.717) is 12.5 Å². The van der Waals surface area contributed by atoms with E-state index in [1.165, 1.54) is 12.8 Å². The first-order valence-corrected chi connectivity index (χ1v) is 6.56. The largest absolute Gasteiger partial charge is 0.379 e. The molecule has 0 aromatic rings. The minimum atomic E-state index is 0.132. The third-order valence-corrected chi connectivity index (χ3v) is 3.56. The third-order valence-electron chi connectivity index (χ3n) is 3.56. The van der Waals surface area contributed by atoms with Crippen molar-refractivity contribution in [1.82, 2.24) is 15.1 Å². The lowest BCUT2D eigenvalue weighted by molar-refractivity contribution is 0.0784. The van der Waals surface area contributed by atoms with Crippen LogP contribution in [-0.4, -0.2) is 68.8 Å². The van der Waals surface area contributed by atoms with Gasteiger partial charge >= 0.3 is 6.03 Å². The summed E-state index contributed by atoms with van der Waals surface area (Å²) in [5.41, 5.74) is 0. The Morgan fingerprint density at radius 2 is 2.35 bits per heavy atom. The first-order valence-electron chi connectivity index (χ1n) is 6.56. The molecule has 2 aliphatic rings. The van der Waals surface area contributed by atoms with Crippen LogP contribution in [-0.2, 0) is 4.74 Å². The number of carbonyl (C=O) groups excluding carboxylic acids is 1. The van der Waals surface area contributed by atoms with Crippen LogP contribution in [0.4, 0.5) is 4.79 Å². The molecular weight excluding hydrogens is 218 g/mol. The van der Waals surface area contributed by atoms with Crippen LogP contribution in [0.5, 0.6) is 0 Å². The van der Waals surface area contributed by atoms with E-state index >= 15 is 0 Å². The van der Waals surface area contributed by atoms with Crippen molar-refractivity contribution in [2.24, 2.45) is 5.92 Å². The number of carbonyl (C=O) groups is 1. The molecule has 17 heavy (non-hydrogen) atoms. The van der Waals surface area contributed by atoms with Gasteiger partial charge in [0.05, 0.1) is 13.2 Å². The van der Waals surface area contributed by atoms with Crippen molar-refractivity contribution in [3.05, 3.63) is 0 Å². The average molecular weight is 241 g/mol. The van der Waals surface area contributed by atoms with Gasteiger partial charge in [0.2, 0.25) is 0 Å². The van der Waals surface area contributed by atoms with E-state index in [1.807, 2.05) is 11.9 Å². The molecule has 1 unspecified atom stereocenters. The van der Waals surface area contributed by atoms with Crippen molar-refractivity contribution in [3.8, 4) is 0 Å². The third kappa shape index (κ3) is 3.57. The summed E-state index contributed by atoms with van der Waals surface area (Å²) in [7, 11) is 1.84. The zero-order valence-corrected chi connectivity index (χ0v) is 10.7. The molecule has 0 spiro atoms. The highest BCUT2D eigenvalue weighted by molar-refractivity contribution is 5.76. The second-order valence-electron chi connectivity index (χ2n) is 4.98. The second-order valence-corrected chi connectivity index (χ2v) is 4.98. The lowest BCUT2D eigenvalue weighted by Crippen LogP contribution is -2.34. The smallest absolute Gasteiger partial charge is 0.319 e. The molecule has 1 N–H and O–H groups in total. The normalized spacial score (nSPS) is 25.7. The maximum Gasteiger partial charge on any atom is 0.319 e. The first kappa shape index (κ1) is 12.6. The summed E-state index contributed by atoms with van der Waals surface area (Å²) in [6.07, 6.45) is 2.52. The van der Waals surface area contributed by atoms with E-state index in [9.17, 15) is 4.79 Å². The van der Waals surface area contributed by atoms with E-state index in [2.05, 4.69) is 5.32 Å². The second kappa shape index (κ2) is 6.21. The van der Waals surface area contributed by atoms with Crippen molar-refractivity contribution < 1.29 is 9.53 Å². The van der Waals surface area contributed by atoms with Crippen LogP contribution < -0.4 is 5.32 Å². The number of hydrogen-bond donors (Lipinski definition) is 1. The topological polar surface area (TPSA) is 44.8 Å². The molecule has 2 fully saturated rings. The molecule has 0 radical (unpaired) electrons. The summed E-state index contributed by atoms with van der Waals surface area (Å²) in [5, 5.41) is 3.38. The van der Waals surface area contributed by atoms with Crippen LogP contribution in [0.2, 0.25) is 0 Å². The molecule has 5 nitrogen and oxygen atoms in total. The Kier molecular flexibility index (Phi) is 4.62. The van der Waals surface area contributed by atoms with Gasteiger partial charge in [0.15, 0.2) is 0 Å². The van der Waals surface area contributed by atoms with Gasteiger partial charge in [0.25, 0.3) is 0 Å². The first-order chi connectivity index (χ1) is 8.27. The predicted molar refractivity (Wildman–Crippen MR) is 66.0 cm³/mol. The molecule has 98 valence electrons. The summed E-state index contributed by atoms with van der Waals surface area (Å²) in [4.78, 5) is 15.2. The average Bonchev–Trinajstić information content (AvgIpc) is 2.67. The van der Waals surface area contributed by atoms with Gasteiger partial charge in [0, 0.05) is 33.2 Å². The molecule has 0 aromatic carbocycles. The Balaban J connectivity index is 1.55. The number of hydrogen-bond acceptors (Lipinski definition) is 3. The van der Waals surface area contributed by atoms with Gasteiger partial charge in [-0.1, -0.05) is 0 Å². The highest BCUT2D eigenvalue weighted by Crippen LogP contribution is 2.10. The van der Waals surface area contributed by atoms with Gasteiger partial charge < -0.3 is 19.9 Å². The fourth-order valence-corrected chi connectivity index (χ4v) is 2.40. The van der Waals surface area contributed by atoms with E-state index in [0.717, 1.165) is 39.3 Å². The van der Waals surface area contributed by atoms with Crippen molar-refractivity contribution >= 4 is 6.03 Å². The Morgan fingerprint density at radius 3 is 3.00 bits per heavy atom. The molecule has 2 aliphatic heterocycles. The molecule has 2 rings (SSSR count). The maximum absolute atomic E-state index is 11.6. The van der Waals surface area contributed by atoms with Crippen LogP contribution in [0.15, 0.2) is 0 Å². The summed E-state index contributed by atoms with van der Waals surface area (Å²) in [6.45, 7) is 6.11. The van der Waals surface area contributed by atoms with Gasteiger partial charge in [0.1, 0.15) is 0 Å². The summed E-state index contributed by atoms with van der Waals surface area (Å²) in [5.74, 6) is 0.653. The van der Waals surface area contributed by atoms with Crippen molar-refractivity contribution in [2.45, 2.75) is 12.8 Å². The molecule has 5 heteroatoms. The molecule has 0 saturated carbocycles. The quantitative estimate of drug-likeness (QED) is 0.707. The molecule has 2 amide bonds. The fourth-order valence-electron chi connectivity index (χ4n) is 2.40. The SMILES string of the molecule is CN1CCN(CCOCC2CCCNC2)C1=O. The zero-order valence-electron chi connectivity index (χ0n) is 10.7. The molecule has 0 aliphatic carbocycles. The lowest BCUT2D eigenvalue weighted by atomic mass is 10.0. The number of urea groups is 1. The van der Waals surface area contributed by atoms with Gasteiger partial charge in [-0.3, -0.25) is 0 Å². The fraction of sp³-hybridized carbons (Fsp3) is 0.917. The maximum atomic E-state index is 11.6. The predicted octanol–water partition coefficient (Wildman–Crippen LogP) is 0.370. The van der Waals surface area contributed by atoms with Gasteiger partial charge in [-0.25, -0.2) is 4.79 Å². The number of piperidine rings is 1. The number of amides is 2. The van der Waals surface area contributed by atoms with Gasteiger partial charge in [-0.15, -0.1) is 0 Å². The van der Waals surface area contributed by atoms with Crippen LogP contribution in [0.3, 0.4) is 0 Å². The minimum Gasteiger partial charge on any atom is -0.379 e. The van der Waals surface area contributed by atoms with E-state index in [4.69, 9.17) is 4.74 Å². The highest BCUT2D eigenvalue weighted by atomic mass is 16.5. The van der Waals surface area contributed by atoms with Gasteiger partial charge in [-0.2, -0.15) is 0 Å². The number of likely N-dealkylation sites (N-methyl/N-ethyl adjacent to an activating group) is 1. The number of ether oxygens (including phenoxy) is 1. The Bertz CT molecular complexity index is 254. The van der Waals surface area contributed by atoms with Crippen molar-refractivity contribution in [2.75, 3.05) is 53.0 Å². The van der Waals surface area contributed by atoms with E-state index in [-0.39, 0.29) is 6.03 Å². The minimum absolute atomic E-state index is 0.132. The molecule has 0 bridgehead atoms. The summed E-state index contributed by atoms with van der Waals surface area (Å²) in [6, 6.07) is 0.132. The van der Waals surface area contributed by atoms with Crippen LogP contribution in [0.1, 0.15) is 12.8 Å². The Labute approximate surface area is 103 Å². The molecule has 0 aromatic heterocycles. The van der Waals surface area contributed by atoms with E-state index in [1.54, 1.807) is 4.90 Å². The van der Waals surface area contributed by atoms with E-state index < -0.39 is 0 Å². The van der Waals surface area contributed by atoms with Gasteiger partial charge in [-0.05, 0) is 25.3 Å². The Morgan fingerprint density at radius 1 is 1.47 bits per heavy atom. The molecule has 1 atom stereocenters. The Hall–Kier alpha value is -0.810. The number of rotatable bonds is 5. The van der Waals surface area contributed by atoms with Crippen LogP contribution in [0.25, 0.3) is 0 Å². The standard InChI is InChI=1S/C12H23N3O2/c1-14-5-6-15(12(14)16)7-8-17-10-11-3-2-4-13-9-11/h11,13H,2-10H2,1H3. The molecular formula is C12H23N3O2. The summed E-state index contributed by atoms with van der Waals surface area (Å²) < 4.78 is 5.67. The van der Waals surface area contributed by atoms with Crippen molar-refractivity contribution in [3.63, 3.8) is 0 Å². The summed E-state index contributed by atoms with van der Waals surface area (Å²) >= 11 is 0. The molecule has 2 saturated heterocycles. The highest BCUT2D eigenvalue weighted by Gasteiger charge is 2.24. The lowest BCUT2D eigenvalue weighted by Gasteiger charge is -2.23. The number of nitrogens with one attached hydrogen (secondary N) is 1. The molecule has 2 heterocycles. The zero-order chi connectivity index (χ0) is 12.1. The van der Waals surface area contributed by atoms with Crippen LogP contribution in [0, 0.1) is 5.92 Å². The number of nitrogens with zero attached hydrogens (tertiary/aromatic N) is 2.